The summed E-state index contributed by atoms with van der Waals surface area (Å²) in [4.78, 5) is 18.0. The van der Waals surface area contributed by atoms with Gasteiger partial charge in [-0.3, -0.25) is 4.79 Å². The van der Waals surface area contributed by atoms with Crippen LogP contribution in [0.15, 0.2) is 28.4 Å². The summed E-state index contributed by atoms with van der Waals surface area (Å²) in [5, 5.41) is 2.40. The lowest BCUT2D eigenvalue weighted by Gasteiger charge is -2.04. The summed E-state index contributed by atoms with van der Waals surface area (Å²) in [6.45, 7) is 0.474. The number of H-pyrrole nitrogens is 1. The average molecular weight is 281 g/mol. The molecule has 3 N–H and O–H groups in total. The number of aromatic nitrogens is 3. The number of thiazole rings is 1. The van der Waals surface area contributed by atoms with E-state index in [1.54, 1.807) is 11.4 Å². The van der Waals surface area contributed by atoms with Gasteiger partial charge in [-0.05, 0) is 18.2 Å². The van der Waals surface area contributed by atoms with Gasteiger partial charge in [0.1, 0.15) is 0 Å². The van der Waals surface area contributed by atoms with Crippen molar-refractivity contribution in [3.8, 4) is 0 Å². The molecule has 2 heterocycles. The third-order valence-corrected chi connectivity index (χ3v) is 3.59. The zero-order chi connectivity index (χ0) is 12.7. The first-order valence-corrected chi connectivity index (χ1v) is 6.47. The summed E-state index contributed by atoms with van der Waals surface area (Å²) in [6.07, 6.45) is 0. The van der Waals surface area contributed by atoms with Crippen molar-refractivity contribution in [3.05, 3.63) is 44.0 Å². The Morgan fingerprint density at radius 1 is 1.50 bits per heavy atom. The molecule has 2 aromatic heterocycles. The van der Waals surface area contributed by atoms with Gasteiger partial charge in [-0.2, -0.15) is 0 Å². The molecule has 7 heteroatoms. The molecule has 0 aliphatic rings. The summed E-state index contributed by atoms with van der Waals surface area (Å²) in [5.74, 6) is 0.402. The molecule has 0 radical (unpaired) electrons. The van der Waals surface area contributed by atoms with E-state index in [2.05, 4.69) is 9.97 Å². The molecular weight excluding hydrogens is 272 g/mol. The number of hydrogen-bond acceptors (Lipinski definition) is 4. The molecule has 0 unspecified atom stereocenters. The predicted molar refractivity (Wildman–Crippen MR) is 73.2 cm³/mol. The number of nitrogen functional groups attached to an aromatic ring is 1. The molecule has 5 nitrogen and oxygen atoms in total. The Labute approximate surface area is 111 Å². The number of anilines is 1. The first kappa shape index (κ1) is 11.3. The summed E-state index contributed by atoms with van der Waals surface area (Å²) in [5.41, 5.74) is 8.32. The van der Waals surface area contributed by atoms with E-state index < -0.39 is 0 Å². The monoisotopic (exact) mass is 280 g/mol. The highest BCUT2D eigenvalue weighted by Crippen LogP contribution is 2.22. The number of fused-ring (bicyclic) bond motifs is 1. The number of benzene rings is 1. The zero-order valence-corrected chi connectivity index (χ0v) is 10.8. The minimum absolute atomic E-state index is 0.0778. The van der Waals surface area contributed by atoms with Crippen LogP contribution < -0.4 is 10.6 Å². The van der Waals surface area contributed by atoms with Crippen LogP contribution in [-0.4, -0.2) is 14.5 Å². The number of nitrogens with one attached hydrogen (secondary N) is 1. The molecule has 0 amide bonds. The summed E-state index contributed by atoms with van der Waals surface area (Å²) >= 11 is 7.10. The van der Waals surface area contributed by atoms with E-state index in [9.17, 15) is 4.79 Å². The molecule has 1 aromatic carbocycles. The normalized spacial score (nSPS) is 11.2. The second-order valence-electron chi connectivity index (χ2n) is 3.86. The van der Waals surface area contributed by atoms with Gasteiger partial charge in [0.2, 0.25) is 5.95 Å². The molecule has 0 fully saturated rings. The van der Waals surface area contributed by atoms with Crippen molar-refractivity contribution in [1.29, 1.82) is 0 Å². The van der Waals surface area contributed by atoms with Crippen LogP contribution in [0.4, 0.5) is 5.95 Å². The van der Waals surface area contributed by atoms with Gasteiger partial charge in [0.05, 0.1) is 17.6 Å². The Kier molecular flexibility index (Phi) is 2.61. The molecule has 3 rings (SSSR count). The topological polar surface area (TPSA) is 76.7 Å². The van der Waals surface area contributed by atoms with Gasteiger partial charge >= 0.3 is 4.87 Å². The third kappa shape index (κ3) is 1.89. The number of rotatable bonds is 2. The van der Waals surface area contributed by atoms with Gasteiger partial charge in [0.25, 0.3) is 0 Å². The second kappa shape index (κ2) is 4.15. The lowest BCUT2D eigenvalue weighted by molar-refractivity contribution is 0.814. The summed E-state index contributed by atoms with van der Waals surface area (Å²) in [7, 11) is 0. The highest BCUT2D eigenvalue weighted by molar-refractivity contribution is 7.07. The van der Waals surface area contributed by atoms with Crippen LogP contribution in [0.5, 0.6) is 0 Å². The lowest BCUT2D eigenvalue weighted by Crippen LogP contribution is -2.06. The van der Waals surface area contributed by atoms with Gasteiger partial charge in [-0.25, -0.2) is 4.98 Å². The van der Waals surface area contributed by atoms with Crippen LogP contribution in [0.25, 0.3) is 11.0 Å². The number of hydrogen-bond donors (Lipinski definition) is 2. The van der Waals surface area contributed by atoms with Gasteiger partial charge in [-0.15, -0.1) is 0 Å². The molecule has 0 atom stereocenters. The molecule has 0 saturated carbocycles. The van der Waals surface area contributed by atoms with Gasteiger partial charge in [0, 0.05) is 16.1 Å². The highest BCUT2D eigenvalue weighted by Gasteiger charge is 2.09. The highest BCUT2D eigenvalue weighted by atomic mass is 35.5. The van der Waals surface area contributed by atoms with Crippen LogP contribution in [0.1, 0.15) is 5.69 Å². The minimum Gasteiger partial charge on any atom is -0.369 e. The molecule has 0 saturated heterocycles. The van der Waals surface area contributed by atoms with E-state index in [-0.39, 0.29) is 4.87 Å². The van der Waals surface area contributed by atoms with E-state index in [0.717, 1.165) is 28.1 Å². The largest absolute Gasteiger partial charge is 0.369 e. The number of aromatic amines is 1. The smallest absolute Gasteiger partial charge is 0.304 e. The molecule has 18 heavy (non-hydrogen) atoms. The Hall–Kier alpha value is -1.79. The maximum absolute atomic E-state index is 11.1. The van der Waals surface area contributed by atoms with Crippen molar-refractivity contribution in [2.75, 3.05) is 5.73 Å². The van der Waals surface area contributed by atoms with Crippen molar-refractivity contribution in [1.82, 2.24) is 14.5 Å². The Bertz CT molecular complexity index is 773. The average Bonchev–Trinajstić information content (AvgIpc) is 2.86. The number of imidazole rings is 1. The van der Waals surface area contributed by atoms with Crippen LogP contribution in [0.3, 0.4) is 0 Å². The molecule has 0 aliphatic heterocycles. The molecule has 0 aliphatic carbocycles. The fourth-order valence-corrected chi connectivity index (χ4v) is 2.58. The Morgan fingerprint density at radius 2 is 2.33 bits per heavy atom. The van der Waals surface area contributed by atoms with Crippen molar-refractivity contribution in [3.63, 3.8) is 0 Å². The lowest BCUT2D eigenvalue weighted by atomic mass is 10.3. The van der Waals surface area contributed by atoms with E-state index in [4.69, 9.17) is 17.3 Å². The predicted octanol–water partition coefficient (Wildman–Crippen LogP) is 2.07. The number of nitrogens with two attached hydrogens (primary N) is 1. The Balaban J connectivity index is 2.13. The Morgan fingerprint density at radius 3 is 3.06 bits per heavy atom. The van der Waals surface area contributed by atoms with E-state index in [1.807, 2.05) is 16.7 Å². The van der Waals surface area contributed by atoms with E-state index in [0.29, 0.717) is 17.5 Å². The van der Waals surface area contributed by atoms with Crippen molar-refractivity contribution in [2.24, 2.45) is 0 Å². The molecule has 0 spiro atoms. The fourth-order valence-electron chi connectivity index (χ4n) is 1.84. The maximum atomic E-state index is 11.1. The standard InChI is InChI=1S/C11H9ClN4OS/c12-6-1-2-8-9(3-6)16(10(13)15-8)4-7-5-18-11(17)14-7/h1-3,5H,4H2,(H2,13,15)(H,14,17). The molecule has 0 bridgehead atoms. The summed E-state index contributed by atoms with van der Waals surface area (Å²) in [6, 6.07) is 5.40. The first-order valence-electron chi connectivity index (χ1n) is 5.21. The zero-order valence-electron chi connectivity index (χ0n) is 9.18. The second-order valence-corrected chi connectivity index (χ2v) is 5.14. The number of halogens is 1. The van der Waals surface area contributed by atoms with Gasteiger partial charge in [-0.1, -0.05) is 22.9 Å². The number of nitrogens with zero attached hydrogens (tertiary/aromatic N) is 2. The van der Waals surface area contributed by atoms with Gasteiger partial charge in [0.15, 0.2) is 0 Å². The van der Waals surface area contributed by atoms with Crippen LogP contribution >= 0.6 is 22.9 Å². The van der Waals surface area contributed by atoms with Crippen LogP contribution in [-0.2, 0) is 6.54 Å². The maximum Gasteiger partial charge on any atom is 0.304 e. The molecule has 3 aromatic rings. The first-order chi connectivity index (χ1) is 8.63. The molecular formula is C11H9ClN4OS. The van der Waals surface area contributed by atoms with Crippen molar-refractivity contribution >= 4 is 39.9 Å². The fraction of sp³-hybridized carbons (Fsp3) is 0.0909. The summed E-state index contributed by atoms with van der Waals surface area (Å²) < 4.78 is 1.82. The van der Waals surface area contributed by atoms with E-state index in [1.165, 1.54) is 0 Å². The third-order valence-electron chi connectivity index (χ3n) is 2.64. The molecule has 92 valence electrons. The van der Waals surface area contributed by atoms with Crippen molar-refractivity contribution < 1.29 is 0 Å². The van der Waals surface area contributed by atoms with E-state index >= 15 is 0 Å². The minimum atomic E-state index is -0.0778. The quantitative estimate of drug-likeness (QED) is 0.754. The van der Waals surface area contributed by atoms with Crippen LogP contribution in [0, 0.1) is 0 Å². The van der Waals surface area contributed by atoms with Crippen LogP contribution in [0.2, 0.25) is 5.02 Å². The van der Waals surface area contributed by atoms with Crippen molar-refractivity contribution in [2.45, 2.75) is 6.54 Å². The SMILES string of the molecule is Nc1nc2ccc(Cl)cc2n1Cc1csc(=O)[nH]1. The van der Waals surface area contributed by atoms with Gasteiger partial charge < -0.3 is 15.3 Å².